The Kier molecular flexibility index (Phi) is 7.40. The molecule has 30 heavy (non-hydrogen) atoms. The molecule has 0 fully saturated rings. The molecule has 8 heteroatoms. The van der Waals surface area contributed by atoms with E-state index in [1.165, 1.54) is 17.8 Å². The van der Waals surface area contributed by atoms with Gasteiger partial charge in [-0.2, -0.15) is 0 Å². The standard InChI is InChI=1S/C22H21N3O3S2/c1-2-14-24-30(27,28)16-17-6-10-19(11-7-17)25-22(26)18-8-12-20(13-9-18)29-21-5-3-4-15-23-21/h2-13,15,24H,1,14,16H2,(H,25,26). The molecule has 0 aliphatic heterocycles. The second kappa shape index (κ2) is 10.2. The van der Waals surface area contributed by atoms with Gasteiger partial charge in [0.1, 0.15) is 5.03 Å². The predicted molar refractivity (Wildman–Crippen MR) is 120 cm³/mol. The van der Waals surface area contributed by atoms with E-state index < -0.39 is 10.0 Å². The van der Waals surface area contributed by atoms with Crippen LogP contribution in [-0.4, -0.2) is 25.9 Å². The Morgan fingerprint density at radius 1 is 1.03 bits per heavy atom. The molecule has 154 valence electrons. The Morgan fingerprint density at radius 2 is 1.77 bits per heavy atom. The highest BCUT2D eigenvalue weighted by Crippen LogP contribution is 2.25. The molecule has 3 rings (SSSR count). The van der Waals surface area contributed by atoms with E-state index in [1.54, 1.807) is 42.6 Å². The minimum absolute atomic E-state index is 0.134. The van der Waals surface area contributed by atoms with Gasteiger partial charge in [-0.05, 0) is 54.1 Å². The maximum atomic E-state index is 12.5. The van der Waals surface area contributed by atoms with E-state index in [0.29, 0.717) is 16.8 Å². The number of anilines is 1. The van der Waals surface area contributed by atoms with Crippen molar-refractivity contribution in [2.75, 3.05) is 11.9 Å². The molecule has 0 saturated carbocycles. The first-order valence-electron chi connectivity index (χ1n) is 9.13. The van der Waals surface area contributed by atoms with Gasteiger partial charge in [-0.15, -0.1) is 6.58 Å². The first-order valence-corrected chi connectivity index (χ1v) is 11.6. The maximum Gasteiger partial charge on any atom is 0.255 e. The van der Waals surface area contributed by atoms with Crippen molar-refractivity contribution in [3.8, 4) is 0 Å². The fraction of sp³-hybridized carbons (Fsp3) is 0.0909. The molecular formula is C22H21N3O3S2. The summed E-state index contributed by atoms with van der Waals surface area (Å²) in [5.74, 6) is -0.373. The number of hydrogen-bond donors (Lipinski definition) is 2. The monoisotopic (exact) mass is 439 g/mol. The molecule has 0 spiro atoms. The van der Waals surface area contributed by atoms with Crippen molar-refractivity contribution in [2.24, 2.45) is 0 Å². The molecular weight excluding hydrogens is 418 g/mol. The quantitative estimate of drug-likeness (QED) is 0.490. The summed E-state index contributed by atoms with van der Waals surface area (Å²) in [6.07, 6.45) is 3.22. The molecule has 3 aromatic rings. The third-order valence-corrected chi connectivity index (χ3v) is 6.27. The summed E-state index contributed by atoms with van der Waals surface area (Å²) < 4.78 is 26.3. The van der Waals surface area contributed by atoms with Gasteiger partial charge in [0.05, 0.1) is 5.75 Å². The third-order valence-electron chi connectivity index (χ3n) is 3.99. The molecule has 0 saturated heterocycles. The summed E-state index contributed by atoms with van der Waals surface area (Å²) in [7, 11) is -3.42. The zero-order valence-electron chi connectivity index (χ0n) is 16.1. The van der Waals surface area contributed by atoms with Gasteiger partial charge < -0.3 is 5.32 Å². The second-order valence-corrected chi connectivity index (χ2v) is 9.24. The summed E-state index contributed by atoms with van der Waals surface area (Å²) in [5, 5.41) is 3.70. The van der Waals surface area contributed by atoms with Crippen LogP contribution in [0, 0.1) is 0 Å². The van der Waals surface area contributed by atoms with Crippen LogP contribution in [0.25, 0.3) is 0 Å². The van der Waals surface area contributed by atoms with Crippen molar-refractivity contribution in [1.29, 1.82) is 0 Å². The zero-order valence-corrected chi connectivity index (χ0v) is 17.7. The first kappa shape index (κ1) is 21.8. The average molecular weight is 440 g/mol. The van der Waals surface area contributed by atoms with Crippen LogP contribution in [0.1, 0.15) is 15.9 Å². The Labute approximate surface area is 180 Å². The Balaban J connectivity index is 1.58. The first-order chi connectivity index (χ1) is 14.4. The van der Waals surface area contributed by atoms with Gasteiger partial charge in [0.2, 0.25) is 10.0 Å². The summed E-state index contributed by atoms with van der Waals surface area (Å²) in [6.45, 7) is 3.68. The summed E-state index contributed by atoms with van der Waals surface area (Å²) >= 11 is 1.52. The van der Waals surface area contributed by atoms with Crippen molar-refractivity contribution in [1.82, 2.24) is 9.71 Å². The summed E-state index contributed by atoms with van der Waals surface area (Å²) in [6, 6.07) is 19.7. The number of benzene rings is 2. The van der Waals surface area contributed by atoms with Gasteiger partial charge >= 0.3 is 0 Å². The lowest BCUT2D eigenvalue weighted by Gasteiger charge is -2.08. The summed E-state index contributed by atoms with van der Waals surface area (Å²) in [4.78, 5) is 17.7. The number of nitrogens with zero attached hydrogens (tertiary/aromatic N) is 1. The van der Waals surface area contributed by atoms with E-state index in [-0.39, 0.29) is 18.2 Å². The van der Waals surface area contributed by atoms with Crippen molar-refractivity contribution in [2.45, 2.75) is 15.7 Å². The van der Waals surface area contributed by atoms with E-state index in [2.05, 4.69) is 21.6 Å². The van der Waals surface area contributed by atoms with Gasteiger partial charge in [0.15, 0.2) is 0 Å². The number of carbonyl (C=O) groups is 1. The molecule has 0 radical (unpaired) electrons. The fourth-order valence-electron chi connectivity index (χ4n) is 2.55. The van der Waals surface area contributed by atoms with E-state index in [1.807, 2.05) is 30.3 Å². The Morgan fingerprint density at radius 3 is 2.40 bits per heavy atom. The highest BCUT2D eigenvalue weighted by atomic mass is 32.2. The molecule has 0 atom stereocenters. The topological polar surface area (TPSA) is 88.2 Å². The Bertz CT molecular complexity index is 1100. The van der Waals surface area contributed by atoms with Crippen molar-refractivity contribution in [3.63, 3.8) is 0 Å². The van der Waals surface area contributed by atoms with Gasteiger partial charge in [0, 0.05) is 28.9 Å². The lowest BCUT2D eigenvalue weighted by Crippen LogP contribution is -2.25. The lowest BCUT2D eigenvalue weighted by atomic mass is 10.2. The average Bonchev–Trinajstić information content (AvgIpc) is 2.75. The molecule has 6 nitrogen and oxygen atoms in total. The van der Waals surface area contributed by atoms with E-state index in [0.717, 1.165) is 9.92 Å². The van der Waals surface area contributed by atoms with Crippen LogP contribution in [0.2, 0.25) is 0 Å². The molecule has 1 heterocycles. The number of amides is 1. The number of hydrogen-bond acceptors (Lipinski definition) is 5. The van der Waals surface area contributed by atoms with Crippen LogP contribution in [0.4, 0.5) is 5.69 Å². The lowest BCUT2D eigenvalue weighted by molar-refractivity contribution is 0.102. The van der Waals surface area contributed by atoms with Crippen molar-refractivity contribution in [3.05, 3.63) is 96.7 Å². The molecule has 2 N–H and O–H groups in total. The van der Waals surface area contributed by atoms with Crippen LogP contribution in [-0.2, 0) is 15.8 Å². The third kappa shape index (κ3) is 6.55. The van der Waals surface area contributed by atoms with Gasteiger partial charge in [-0.3, -0.25) is 4.79 Å². The predicted octanol–water partition coefficient (Wildman–Crippen LogP) is 4.09. The number of pyridine rings is 1. The number of rotatable bonds is 9. The number of sulfonamides is 1. The van der Waals surface area contributed by atoms with Crippen molar-refractivity contribution >= 4 is 33.4 Å². The molecule has 1 amide bonds. The molecule has 1 aromatic heterocycles. The highest BCUT2D eigenvalue weighted by Gasteiger charge is 2.11. The van der Waals surface area contributed by atoms with Crippen LogP contribution in [0.5, 0.6) is 0 Å². The number of nitrogens with one attached hydrogen (secondary N) is 2. The number of carbonyl (C=O) groups excluding carboxylic acids is 1. The molecule has 0 bridgehead atoms. The van der Waals surface area contributed by atoms with Gasteiger partial charge in [0.25, 0.3) is 5.91 Å². The fourth-order valence-corrected chi connectivity index (χ4v) is 4.43. The molecule has 2 aromatic carbocycles. The zero-order chi connectivity index (χ0) is 21.4. The SMILES string of the molecule is C=CCNS(=O)(=O)Cc1ccc(NC(=O)c2ccc(Sc3ccccn3)cc2)cc1. The molecule has 0 aliphatic carbocycles. The van der Waals surface area contributed by atoms with Crippen LogP contribution >= 0.6 is 11.8 Å². The van der Waals surface area contributed by atoms with Crippen LogP contribution in [0.3, 0.4) is 0 Å². The smallest absolute Gasteiger partial charge is 0.255 e. The van der Waals surface area contributed by atoms with Gasteiger partial charge in [-0.25, -0.2) is 18.1 Å². The van der Waals surface area contributed by atoms with E-state index in [4.69, 9.17) is 0 Å². The maximum absolute atomic E-state index is 12.5. The van der Waals surface area contributed by atoms with Crippen LogP contribution in [0.15, 0.2) is 95.5 Å². The normalized spacial score (nSPS) is 11.1. The van der Waals surface area contributed by atoms with Crippen LogP contribution < -0.4 is 10.0 Å². The minimum Gasteiger partial charge on any atom is -0.322 e. The van der Waals surface area contributed by atoms with Crippen molar-refractivity contribution < 1.29 is 13.2 Å². The Hall–Kier alpha value is -2.94. The minimum atomic E-state index is -3.42. The molecule has 0 unspecified atom stereocenters. The van der Waals surface area contributed by atoms with E-state index >= 15 is 0 Å². The highest BCUT2D eigenvalue weighted by molar-refractivity contribution is 7.99. The van der Waals surface area contributed by atoms with E-state index in [9.17, 15) is 13.2 Å². The largest absolute Gasteiger partial charge is 0.322 e. The number of aromatic nitrogens is 1. The van der Waals surface area contributed by atoms with Gasteiger partial charge in [-0.1, -0.05) is 36.0 Å². The molecule has 0 aliphatic rings. The second-order valence-electron chi connectivity index (χ2n) is 6.34. The summed E-state index contributed by atoms with van der Waals surface area (Å²) in [5.41, 5.74) is 1.74.